The third-order valence-corrected chi connectivity index (χ3v) is 7.98. The van der Waals surface area contributed by atoms with Gasteiger partial charge in [0.1, 0.15) is 22.5 Å². The molecule has 0 N–H and O–H groups in total. The van der Waals surface area contributed by atoms with Crippen LogP contribution in [0, 0.1) is 0 Å². The number of sulfone groups is 1. The van der Waals surface area contributed by atoms with Gasteiger partial charge in [-0.15, -0.1) is 0 Å². The molecule has 0 saturated heterocycles. The van der Waals surface area contributed by atoms with Crippen molar-refractivity contribution in [2.24, 2.45) is 5.16 Å². The molecular weight excluding hydrogens is 630 g/mol. The van der Waals surface area contributed by atoms with E-state index in [1.165, 1.54) is 45.9 Å². The van der Waals surface area contributed by atoms with Crippen LogP contribution in [0.15, 0.2) is 28.4 Å². The van der Waals surface area contributed by atoms with Gasteiger partial charge in [-0.2, -0.15) is 26.3 Å². The van der Waals surface area contributed by atoms with Crippen LogP contribution in [0.5, 0.6) is 0 Å². The summed E-state index contributed by atoms with van der Waals surface area (Å²) in [6, 6.07) is 1.85. The van der Waals surface area contributed by atoms with E-state index in [9.17, 15) is 39.6 Å². The Bertz CT molecular complexity index is 1880. The van der Waals surface area contributed by atoms with Crippen LogP contribution < -0.4 is 10.6 Å². The van der Waals surface area contributed by atoms with Crippen molar-refractivity contribution in [3.63, 3.8) is 0 Å². The van der Waals surface area contributed by atoms with Crippen molar-refractivity contribution in [1.82, 2.24) is 14.5 Å². The molecule has 0 aromatic carbocycles. The predicted octanol–water partition coefficient (Wildman–Crippen LogP) is 5.25. The minimum Gasteiger partial charge on any atom is -0.443 e. The summed E-state index contributed by atoms with van der Waals surface area (Å²) in [5.74, 6) is -0.428. The first kappa shape index (κ1) is 32.3. The monoisotopic (exact) mass is 652 g/mol. The maximum absolute atomic E-state index is 13.6. The van der Waals surface area contributed by atoms with E-state index >= 15 is 0 Å². The summed E-state index contributed by atoms with van der Waals surface area (Å²) < 4.78 is 111. The maximum atomic E-state index is 13.6. The molecule has 0 radical (unpaired) electrons. The molecule has 17 heteroatoms. The van der Waals surface area contributed by atoms with Crippen LogP contribution in [0.1, 0.15) is 39.7 Å². The van der Waals surface area contributed by atoms with E-state index in [1.54, 1.807) is 0 Å². The lowest BCUT2D eigenvalue weighted by molar-refractivity contribution is -0.173. The molecule has 0 atom stereocenters. The second-order valence-corrected chi connectivity index (χ2v) is 12.9. The average molecular weight is 653 g/mol. The molecule has 0 unspecified atom stereocenters. The van der Waals surface area contributed by atoms with E-state index in [2.05, 4.69) is 20.0 Å². The highest BCUT2D eigenvalue weighted by atomic mass is 35.5. The number of rotatable bonds is 5. The molecule has 232 valence electrons. The summed E-state index contributed by atoms with van der Waals surface area (Å²) in [5, 5.41) is 3.35. The largest absolute Gasteiger partial charge is 0.443 e. The van der Waals surface area contributed by atoms with Crippen LogP contribution in [-0.4, -0.2) is 58.9 Å². The summed E-state index contributed by atoms with van der Waals surface area (Å²) in [6.07, 6.45) is -7.51. The van der Waals surface area contributed by atoms with Gasteiger partial charge in [0.2, 0.25) is 6.61 Å². The van der Waals surface area contributed by atoms with Crippen LogP contribution in [0.2, 0.25) is 5.02 Å². The Balaban J connectivity index is 2.08. The lowest BCUT2D eigenvalue weighted by Crippen LogP contribution is -2.35. The van der Waals surface area contributed by atoms with Crippen molar-refractivity contribution in [3.8, 4) is 11.4 Å². The number of carbonyl (C=O) groups is 1. The molecule has 0 amide bonds. The van der Waals surface area contributed by atoms with Gasteiger partial charge in [0.15, 0.2) is 9.84 Å². The highest BCUT2D eigenvalue weighted by Crippen LogP contribution is 2.40. The van der Waals surface area contributed by atoms with Crippen molar-refractivity contribution in [2.75, 3.05) is 12.4 Å². The van der Waals surface area contributed by atoms with E-state index in [1.807, 2.05) is 0 Å². The zero-order valence-electron chi connectivity index (χ0n) is 22.9. The Labute approximate surface area is 245 Å². The average Bonchev–Trinajstić information content (AvgIpc) is 3.17. The van der Waals surface area contributed by atoms with Crippen molar-refractivity contribution in [1.29, 1.82) is 0 Å². The van der Waals surface area contributed by atoms with Crippen LogP contribution in [0.3, 0.4) is 0 Å². The van der Waals surface area contributed by atoms with Gasteiger partial charge in [-0.1, -0.05) is 29.8 Å². The molecular formula is C26H23ClF6N4O5S. The number of halogens is 7. The van der Waals surface area contributed by atoms with Crippen LogP contribution in [0.4, 0.5) is 31.1 Å². The summed E-state index contributed by atoms with van der Waals surface area (Å²) in [6.45, 7) is 4.22. The highest BCUT2D eigenvalue weighted by Gasteiger charge is 2.35. The lowest BCUT2D eigenvalue weighted by Gasteiger charge is -2.21. The number of carbonyl (C=O) groups excluding carboxylic acids is 1. The molecule has 4 rings (SSSR count). The summed E-state index contributed by atoms with van der Waals surface area (Å²) in [5.41, 5.74) is -3.89. The van der Waals surface area contributed by atoms with Gasteiger partial charge in [0.25, 0.3) is 0 Å². The molecule has 1 aliphatic carbocycles. The third-order valence-electron chi connectivity index (χ3n) is 5.88. The Morgan fingerprint density at radius 3 is 2.40 bits per heavy atom. The number of pyridine rings is 2. The molecule has 43 heavy (non-hydrogen) atoms. The normalized spacial score (nSPS) is 15.2. The molecule has 3 heterocycles. The molecule has 3 aromatic rings. The first-order valence-electron chi connectivity index (χ1n) is 12.4. The van der Waals surface area contributed by atoms with Crippen molar-refractivity contribution in [2.45, 2.75) is 57.0 Å². The summed E-state index contributed by atoms with van der Waals surface area (Å²) >= 11 is 6.59. The van der Waals surface area contributed by atoms with Crippen LogP contribution >= 0.6 is 11.6 Å². The standard InChI is InChI=1S/C26H23ClF6N4O5S/c1-5-43(39,40)18-8-13-6-7-15(36-41-12-25(28,29)30)10-16(13)35-21(18)22-19(27)20-17(9-14(11-34-20)26(31,32)33)37(22)23(38)42-24(2,3)4/h6,8-11H,5,7,12H2,1-4H3. The Kier molecular flexibility index (Phi) is 8.34. The number of ether oxygens (including phenoxy) is 1. The smallest absolute Gasteiger partial charge is 0.425 e. The number of alkyl halides is 6. The van der Waals surface area contributed by atoms with Gasteiger partial charge in [-0.3, -0.25) is 4.98 Å². The number of hydrogen-bond acceptors (Lipinski definition) is 8. The van der Waals surface area contributed by atoms with E-state index in [-0.39, 0.29) is 28.2 Å². The van der Waals surface area contributed by atoms with E-state index in [4.69, 9.17) is 16.3 Å². The van der Waals surface area contributed by atoms with E-state index in [0.29, 0.717) is 16.8 Å². The third kappa shape index (κ3) is 6.95. The molecule has 0 bridgehead atoms. The second-order valence-electron chi connectivity index (χ2n) is 10.3. The van der Waals surface area contributed by atoms with E-state index < -0.39 is 78.6 Å². The SMILES string of the molecule is CCS(=O)(=O)c1cc2c(nc1-c1c(Cl)c3ncc(C(F)(F)F)cc3n1C(=O)OC(C)(C)C)=CC(=NOCC(F)(F)F)CC=2. The Morgan fingerprint density at radius 2 is 1.81 bits per heavy atom. The number of nitrogens with zero attached hydrogens (tertiary/aromatic N) is 4. The zero-order valence-corrected chi connectivity index (χ0v) is 24.5. The van der Waals surface area contributed by atoms with Crippen LogP contribution in [-0.2, 0) is 25.6 Å². The zero-order chi connectivity index (χ0) is 32.1. The quantitative estimate of drug-likeness (QED) is 0.274. The first-order chi connectivity index (χ1) is 19.7. The molecule has 3 aromatic heterocycles. The maximum Gasteiger partial charge on any atom is 0.425 e. The molecule has 0 spiro atoms. The van der Waals surface area contributed by atoms with E-state index in [0.717, 1.165) is 0 Å². The Morgan fingerprint density at radius 1 is 1.14 bits per heavy atom. The molecule has 1 aliphatic rings. The predicted molar refractivity (Wildman–Crippen MR) is 145 cm³/mol. The first-order valence-corrected chi connectivity index (χ1v) is 14.5. The highest BCUT2D eigenvalue weighted by molar-refractivity contribution is 7.91. The second kappa shape index (κ2) is 11.1. The van der Waals surface area contributed by atoms with Gasteiger partial charge in [-0.05, 0) is 44.2 Å². The van der Waals surface area contributed by atoms with Crippen LogP contribution in [0.25, 0.3) is 34.6 Å². The van der Waals surface area contributed by atoms with Gasteiger partial charge < -0.3 is 9.57 Å². The molecule has 9 nitrogen and oxygen atoms in total. The van der Waals surface area contributed by atoms with Gasteiger partial charge in [-0.25, -0.2) is 22.8 Å². The molecule has 0 aliphatic heterocycles. The minimum absolute atomic E-state index is 0.0107. The molecule has 0 saturated carbocycles. The fraction of sp³-hybridized carbons (Fsp3) is 0.385. The van der Waals surface area contributed by atoms with Crippen molar-refractivity contribution >= 4 is 56.4 Å². The van der Waals surface area contributed by atoms with Gasteiger partial charge in [0.05, 0.1) is 37.8 Å². The fourth-order valence-corrected chi connectivity index (χ4v) is 5.41. The molecule has 0 fully saturated rings. The fourth-order valence-electron chi connectivity index (χ4n) is 4.03. The number of fused-ring (bicyclic) bond motifs is 2. The lowest BCUT2D eigenvalue weighted by atomic mass is 10.1. The summed E-state index contributed by atoms with van der Waals surface area (Å²) in [4.78, 5) is 25.6. The number of aromatic nitrogens is 3. The minimum atomic E-state index is -4.85. The Hall–Kier alpha value is -3.66. The topological polar surface area (TPSA) is 113 Å². The van der Waals surface area contributed by atoms with Crippen molar-refractivity contribution in [3.05, 3.63) is 39.5 Å². The number of hydrogen-bond donors (Lipinski definition) is 0. The summed E-state index contributed by atoms with van der Waals surface area (Å²) in [7, 11) is -4.12. The van der Waals surface area contributed by atoms with Gasteiger partial charge in [0, 0.05) is 12.6 Å². The van der Waals surface area contributed by atoms with Gasteiger partial charge >= 0.3 is 18.4 Å². The van der Waals surface area contributed by atoms with Crippen molar-refractivity contribution < 1.29 is 49.1 Å². The number of oxime groups is 1.